The summed E-state index contributed by atoms with van der Waals surface area (Å²) in [6, 6.07) is 12.0. The third-order valence-electron chi connectivity index (χ3n) is 4.69. The van der Waals surface area contributed by atoms with Gasteiger partial charge in [-0.1, -0.05) is 31.2 Å². The Morgan fingerprint density at radius 1 is 1.00 bits per heavy atom. The van der Waals surface area contributed by atoms with Gasteiger partial charge in [0.05, 0.1) is 0 Å². The van der Waals surface area contributed by atoms with Crippen molar-refractivity contribution in [1.82, 2.24) is 9.80 Å². The molecular weight excluding hydrogens is 322 g/mol. The molecule has 2 aromatic rings. The molecule has 0 aliphatic carbocycles. The van der Waals surface area contributed by atoms with Gasteiger partial charge in [-0.25, -0.2) is 8.78 Å². The van der Waals surface area contributed by atoms with E-state index in [1.165, 1.54) is 11.6 Å². The van der Waals surface area contributed by atoms with Gasteiger partial charge in [0, 0.05) is 43.9 Å². The molecule has 0 bridgehead atoms. The third-order valence-corrected chi connectivity index (χ3v) is 4.69. The highest BCUT2D eigenvalue weighted by Crippen LogP contribution is 2.16. The van der Waals surface area contributed by atoms with E-state index < -0.39 is 11.6 Å². The number of hydrogen-bond donors (Lipinski definition) is 0. The second-order valence-electron chi connectivity index (χ2n) is 6.33. The zero-order valence-corrected chi connectivity index (χ0v) is 14.3. The monoisotopic (exact) mass is 344 g/mol. The minimum atomic E-state index is -0.818. The second kappa shape index (κ2) is 7.74. The maximum Gasteiger partial charge on any atom is 0.253 e. The topological polar surface area (TPSA) is 23.6 Å². The number of nitrogens with zero attached hydrogens (tertiary/aromatic N) is 2. The van der Waals surface area contributed by atoms with Gasteiger partial charge in [0.1, 0.15) is 0 Å². The lowest BCUT2D eigenvalue weighted by Gasteiger charge is -2.34. The van der Waals surface area contributed by atoms with E-state index in [-0.39, 0.29) is 5.91 Å². The average molecular weight is 344 g/mol. The van der Waals surface area contributed by atoms with Crippen LogP contribution in [0.4, 0.5) is 8.78 Å². The summed E-state index contributed by atoms with van der Waals surface area (Å²) in [7, 11) is 0. The average Bonchev–Trinajstić information content (AvgIpc) is 2.65. The number of piperazine rings is 1. The predicted octanol–water partition coefficient (Wildman–Crippen LogP) is 3.49. The number of aryl methyl sites for hydroxylation is 1. The first-order chi connectivity index (χ1) is 12.1. The molecule has 0 spiro atoms. The summed E-state index contributed by atoms with van der Waals surface area (Å²) >= 11 is 0. The van der Waals surface area contributed by atoms with Crippen LogP contribution in [-0.4, -0.2) is 41.9 Å². The number of hydrogen-bond acceptors (Lipinski definition) is 2. The van der Waals surface area contributed by atoms with Crippen LogP contribution in [0, 0.1) is 11.6 Å². The van der Waals surface area contributed by atoms with Crippen molar-refractivity contribution >= 4 is 5.91 Å². The Morgan fingerprint density at radius 2 is 1.68 bits per heavy atom. The SMILES string of the molecule is CCc1ccc(C(=O)N2CCN(Cc3cccc(F)c3F)CC2)cc1. The molecule has 1 heterocycles. The summed E-state index contributed by atoms with van der Waals surface area (Å²) in [5.41, 5.74) is 2.26. The summed E-state index contributed by atoms with van der Waals surface area (Å²) in [6.45, 7) is 4.91. The molecule has 0 unspecified atom stereocenters. The molecule has 0 saturated carbocycles. The van der Waals surface area contributed by atoms with Gasteiger partial charge in [0.2, 0.25) is 0 Å². The van der Waals surface area contributed by atoms with Crippen molar-refractivity contribution in [2.24, 2.45) is 0 Å². The molecule has 25 heavy (non-hydrogen) atoms. The number of halogens is 2. The maximum absolute atomic E-state index is 13.8. The quantitative estimate of drug-likeness (QED) is 0.848. The van der Waals surface area contributed by atoms with E-state index in [9.17, 15) is 13.6 Å². The smallest absolute Gasteiger partial charge is 0.253 e. The van der Waals surface area contributed by atoms with Crippen LogP contribution in [0.1, 0.15) is 28.4 Å². The first-order valence-electron chi connectivity index (χ1n) is 8.62. The van der Waals surface area contributed by atoms with Crippen molar-refractivity contribution in [2.45, 2.75) is 19.9 Å². The molecule has 1 aliphatic heterocycles. The zero-order chi connectivity index (χ0) is 17.8. The number of benzene rings is 2. The highest BCUT2D eigenvalue weighted by molar-refractivity contribution is 5.94. The van der Waals surface area contributed by atoms with Crippen molar-refractivity contribution in [1.29, 1.82) is 0 Å². The normalized spacial score (nSPS) is 15.4. The van der Waals surface area contributed by atoms with E-state index in [2.05, 4.69) is 6.92 Å². The van der Waals surface area contributed by atoms with Crippen molar-refractivity contribution < 1.29 is 13.6 Å². The molecule has 2 aromatic carbocycles. The minimum absolute atomic E-state index is 0.0271. The molecule has 5 heteroatoms. The molecule has 0 aromatic heterocycles. The van der Waals surface area contributed by atoms with Crippen LogP contribution in [0.2, 0.25) is 0 Å². The first-order valence-corrected chi connectivity index (χ1v) is 8.62. The van der Waals surface area contributed by atoms with Crippen LogP contribution in [0.25, 0.3) is 0 Å². The maximum atomic E-state index is 13.8. The van der Waals surface area contributed by atoms with E-state index in [0.29, 0.717) is 43.9 Å². The molecule has 0 atom stereocenters. The van der Waals surface area contributed by atoms with Crippen molar-refractivity contribution in [3.8, 4) is 0 Å². The van der Waals surface area contributed by atoms with E-state index in [1.54, 1.807) is 6.07 Å². The molecule has 0 radical (unpaired) electrons. The standard InChI is InChI=1S/C20H22F2N2O/c1-2-15-6-8-16(9-7-15)20(25)24-12-10-23(11-13-24)14-17-4-3-5-18(21)19(17)22/h3-9H,2,10-14H2,1H3. The predicted molar refractivity (Wildman–Crippen MR) is 93.4 cm³/mol. The van der Waals surface area contributed by atoms with Gasteiger partial charge in [0.25, 0.3) is 5.91 Å². The van der Waals surface area contributed by atoms with E-state index >= 15 is 0 Å². The summed E-state index contributed by atoms with van der Waals surface area (Å²) in [4.78, 5) is 16.4. The van der Waals surface area contributed by atoms with Crippen LogP contribution >= 0.6 is 0 Å². The lowest BCUT2D eigenvalue weighted by molar-refractivity contribution is 0.0627. The van der Waals surface area contributed by atoms with Crippen LogP contribution in [0.15, 0.2) is 42.5 Å². The Hall–Kier alpha value is -2.27. The highest BCUT2D eigenvalue weighted by atomic mass is 19.2. The largest absolute Gasteiger partial charge is 0.336 e. The number of amides is 1. The van der Waals surface area contributed by atoms with Crippen molar-refractivity contribution in [3.63, 3.8) is 0 Å². The minimum Gasteiger partial charge on any atom is -0.336 e. The van der Waals surface area contributed by atoms with Crippen LogP contribution in [0.3, 0.4) is 0 Å². The summed E-state index contributed by atoms with van der Waals surface area (Å²) in [5.74, 6) is -1.57. The molecule has 132 valence electrons. The fourth-order valence-corrected chi connectivity index (χ4v) is 3.09. The van der Waals surface area contributed by atoms with Crippen molar-refractivity contribution in [3.05, 3.63) is 70.8 Å². The molecule has 1 amide bonds. The molecular formula is C20H22F2N2O. The Balaban J connectivity index is 1.57. The summed E-state index contributed by atoms with van der Waals surface area (Å²) in [6.07, 6.45) is 0.948. The van der Waals surface area contributed by atoms with Gasteiger partial charge < -0.3 is 4.90 Å². The number of carbonyl (C=O) groups is 1. The van der Waals surface area contributed by atoms with Gasteiger partial charge in [-0.2, -0.15) is 0 Å². The van der Waals surface area contributed by atoms with Gasteiger partial charge in [-0.3, -0.25) is 9.69 Å². The first kappa shape index (κ1) is 17.5. The van der Waals surface area contributed by atoms with Crippen LogP contribution < -0.4 is 0 Å². The Bertz CT molecular complexity index is 738. The van der Waals surface area contributed by atoms with E-state index in [1.807, 2.05) is 34.1 Å². The molecule has 3 nitrogen and oxygen atoms in total. The third kappa shape index (κ3) is 4.04. The Kier molecular flexibility index (Phi) is 5.43. The fourth-order valence-electron chi connectivity index (χ4n) is 3.09. The molecule has 1 saturated heterocycles. The zero-order valence-electron chi connectivity index (χ0n) is 14.3. The van der Waals surface area contributed by atoms with Gasteiger partial charge in [-0.15, -0.1) is 0 Å². The molecule has 1 fully saturated rings. The van der Waals surface area contributed by atoms with Crippen LogP contribution in [-0.2, 0) is 13.0 Å². The molecule has 3 rings (SSSR count). The van der Waals surface area contributed by atoms with Crippen molar-refractivity contribution in [2.75, 3.05) is 26.2 Å². The lowest BCUT2D eigenvalue weighted by Crippen LogP contribution is -2.48. The van der Waals surface area contributed by atoms with Crippen LogP contribution in [0.5, 0.6) is 0 Å². The van der Waals surface area contributed by atoms with E-state index in [4.69, 9.17) is 0 Å². The Labute approximate surface area is 146 Å². The number of carbonyl (C=O) groups excluding carboxylic acids is 1. The van der Waals surface area contributed by atoms with E-state index in [0.717, 1.165) is 12.5 Å². The molecule has 1 aliphatic rings. The second-order valence-corrected chi connectivity index (χ2v) is 6.33. The fraction of sp³-hybridized carbons (Fsp3) is 0.350. The molecule has 0 N–H and O–H groups in total. The van der Waals surface area contributed by atoms with Gasteiger partial charge in [0.15, 0.2) is 11.6 Å². The summed E-state index contributed by atoms with van der Waals surface area (Å²) in [5, 5.41) is 0. The van der Waals surface area contributed by atoms with Gasteiger partial charge >= 0.3 is 0 Å². The number of rotatable bonds is 4. The van der Waals surface area contributed by atoms with Gasteiger partial charge in [-0.05, 0) is 30.2 Å². The summed E-state index contributed by atoms with van der Waals surface area (Å²) < 4.78 is 27.1. The lowest BCUT2D eigenvalue weighted by atomic mass is 10.1. The Morgan fingerprint density at radius 3 is 2.32 bits per heavy atom. The highest BCUT2D eigenvalue weighted by Gasteiger charge is 2.23.